The summed E-state index contributed by atoms with van der Waals surface area (Å²) in [6, 6.07) is 2.72. The number of rotatable bonds is 7. The molecule has 2 atom stereocenters. The summed E-state index contributed by atoms with van der Waals surface area (Å²) in [5, 5.41) is 10.2. The second-order valence-corrected chi connectivity index (χ2v) is 12.8. The molecule has 1 aromatic rings. The Morgan fingerprint density at radius 3 is 2.67 bits per heavy atom. The molecule has 2 heterocycles. The predicted molar refractivity (Wildman–Crippen MR) is 108 cm³/mol. The molecule has 2 rings (SSSR count). The highest BCUT2D eigenvalue weighted by Gasteiger charge is 2.36. The van der Waals surface area contributed by atoms with Crippen LogP contribution in [0.4, 0.5) is 0 Å². The van der Waals surface area contributed by atoms with E-state index in [1.165, 1.54) is 0 Å². The van der Waals surface area contributed by atoms with E-state index in [4.69, 9.17) is 11.1 Å². The molecule has 0 spiro atoms. The molecule has 2 amide bonds. The number of carbonyl (C=O) groups excluding carboxylic acids is 2. The van der Waals surface area contributed by atoms with Crippen LogP contribution in [0.25, 0.3) is 0 Å². The van der Waals surface area contributed by atoms with Crippen molar-refractivity contribution in [3.8, 4) is 0 Å². The van der Waals surface area contributed by atoms with Gasteiger partial charge in [0.05, 0.1) is 6.04 Å². The zero-order chi connectivity index (χ0) is 20.2. The molecule has 5 N–H and O–H groups in total. The maximum absolute atomic E-state index is 12.8. The Kier molecular flexibility index (Phi) is 6.72. The van der Waals surface area contributed by atoms with Crippen molar-refractivity contribution in [2.45, 2.75) is 58.0 Å². The van der Waals surface area contributed by atoms with Crippen molar-refractivity contribution in [1.82, 2.24) is 20.2 Å². The van der Waals surface area contributed by atoms with Crippen molar-refractivity contribution in [2.75, 3.05) is 6.54 Å². The Morgan fingerprint density at radius 2 is 2.11 bits per heavy atom. The summed E-state index contributed by atoms with van der Waals surface area (Å²) in [5.41, 5.74) is 6.61. The molecule has 0 aromatic carbocycles. The molecule has 0 aliphatic carbocycles. The third-order valence-electron chi connectivity index (χ3n) is 4.43. The Balaban J connectivity index is 1.94. The number of amides is 2. The first-order chi connectivity index (χ1) is 12.6. The first kappa shape index (κ1) is 21.0. The fourth-order valence-corrected chi connectivity index (χ4v) is 4.68. The number of aromatic nitrogens is 1. The number of pyridine rings is 1. The van der Waals surface area contributed by atoms with Crippen LogP contribution in [-0.2, 0) is 16.1 Å². The largest absolute Gasteiger partial charge is 0.382 e. The lowest BCUT2D eigenvalue weighted by molar-refractivity contribution is -0.139. The minimum atomic E-state index is -1.58. The van der Waals surface area contributed by atoms with Crippen molar-refractivity contribution in [2.24, 2.45) is 5.73 Å². The minimum absolute atomic E-state index is 0.0115. The van der Waals surface area contributed by atoms with E-state index in [1.54, 1.807) is 23.2 Å². The molecule has 0 bridgehead atoms. The molecule has 1 aliphatic rings. The summed E-state index contributed by atoms with van der Waals surface area (Å²) >= 11 is 0. The normalized spacial score (nSPS) is 18.2. The lowest BCUT2D eigenvalue weighted by atomic mass is 10.2. The van der Waals surface area contributed by atoms with Gasteiger partial charge in [-0.25, -0.2) is 0 Å². The molecule has 27 heavy (non-hydrogen) atoms. The first-order valence-electron chi connectivity index (χ1n) is 9.23. The maximum atomic E-state index is 12.8. The number of hydrogen-bond acceptors (Lipinski definition) is 5. The fraction of sp³-hybridized carbons (Fsp3) is 0.556. The predicted octanol–water partition coefficient (Wildman–Crippen LogP) is 0.786. The maximum Gasteiger partial charge on any atom is 0.243 e. The Morgan fingerprint density at radius 1 is 1.41 bits per heavy atom. The highest BCUT2D eigenvalue weighted by molar-refractivity contribution is 6.73. The van der Waals surface area contributed by atoms with Gasteiger partial charge < -0.3 is 20.9 Å². The van der Waals surface area contributed by atoms with Gasteiger partial charge in [0.2, 0.25) is 11.8 Å². The number of carbonyl (C=O) groups is 2. The third kappa shape index (κ3) is 5.86. The van der Waals surface area contributed by atoms with Crippen LogP contribution >= 0.6 is 0 Å². The van der Waals surface area contributed by atoms with Gasteiger partial charge in [-0.3, -0.25) is 20.0 Å². The second-order valence-electron chi connectivity index (χ2n) is 7.99. The van der Waals surface area contributed by atoms with Crippen molar-refractivity contribution < 1.29 is 9.59 Å². The van der Waals surface area contributed by atoms with Crippen LogP contribution in [0.2, 0.25) is 19.6 Å². The standard InChI is InChI=1S/C18H30N6O2Si/c1-12(23-27(2,3)4)18(26)24-9-5-6-15(24)17(25)22-11-13-7-8-14(16(19)20)21-10-13/h7-8,10,12,15,23H,5-6,9,11H2,1-4H3,(H3,19,20)(H,22,25)/t12-,15-/m0/s1. The van der Waals surface area contributed by atoms with Gasteiger partial charge in [0.25, 0.3) is 0 Å². The van der Waals surface area contributed by atoms with Gasteiger partial charge in [-0.15, -0.1) is 0 Å². The van der Waals surface area contributed by atoms with E-state index < -0.39 is 14.3 Å². The lowest BCUT2D eigenvalue weighted by Crippen LogP contribution is -2.56. The van der Waals surface area contributed by atoms with Crippen molar-refractivity contribution in [3.05, 3.63) is 29.6 Å². The number of nitrogen functional groups attached to an aromatic ring is 1. The van der Waals surface area contributed by atoms with E-state index in [9.17, 15) is 9.59 Å². The first-order valence-corrected chi connectivity index (χ1v) is 12.7. The quantitative estimate of drug-likeness (QED) is 0.311. The molecule has 8 nitrogen and oxygen atoms in total. The molecular weight excluding hydrogens is 360 g/mol. The number of nitrogens with two attached hydrogens (primary N) is 1. The Labute approximate surface area is 161 Å². The van der Waals surface area contributed by atoms with E-state index in [1.807, 2.05) is 6.92 Å². The number of nitrogens with zero attached hydrogens (tertiary/aromatic N) is 2. The molecule has 0 radical (unpaired) electrons. The number of likely N-dealkylation sites (tertiary alicyclic amines) is 1. The summed E-state index contributed by atoms with van der Waals surface area (Å²) in [7, 11) is -1.58. The van der Waals surface area contributed by atoms with Gasteiger partial charge in [-0.2, -0.15) is 0 Å². The van der Waals surface area contributed by atoms with Gasteiger partial charge in [0.15, 0.2) is 0 Å². The monoisotopic (exact) mass is 390 g/mol. The lowest BCUT2D eigenvalue weighted by Gasteiger charge is -2.30. The van der Waals surface area contributed by atoms with Crippen LogP contribution in [0.1, 0.15) is 31.0 Å². The molecule has 1 fully saturated rings. The van der Waals surface area contributed by atoms with Gasteiger partial charge in [-0.1, -0.05) is 25.7 Å². The molecule has 1 aromatic heterocycles. The van der Waals surface area contributed by atoms with Crippen molar-refractivity contribution >= 4 is 25.9 Å². The van der Waals surface area contributed by atoms with Crippen LogP contribution in [0.3, 0.4) is 0 Å². The molecule has 9 heteroatoms. The van der Waals surface area contributed by atoms with E-state index in [0.717, 1.165) is 12.0 Å². The summed E-state index contributed by atoms with van der Waals surface area (Å²) in [6.45, 7) is 9.26. The summed E-state index contributed by atoms with van der Waals surface area (Å²) in [4.78, 5) is 34.6. The highest BCUT2D eigenvalue weighted by Crippen LogP contribution is 2.19. The van der Waals surface area contributed by atoms with Gasteiger partial charge in [0.1, 0.15) is 25.8 Å². The van der Waals surface area contributed by atoms with Crippen LogP contribution in [-0.4, -0.2) is 54.4 Å². The zero-order valence-corrected chi connectivity index (χ0v) is 17.5. The van der Waals surface area contributed by atoms with Crippen LogP contribution in [0.5, 0.6) is 0 Å². The smallest absolute Gasteiger partial charge is 0.243 e. The van der Waals surface area contributed by atoms with Crippen molar-refractivity contribution in [1.29, 1.82) is 5.41 Å². The average Bonchev–Trinajstić information content (AvgIpc) is 3.07. The molecule has 0 unspecified atom stereocenters. The number of hydrogen-bond donors (Lipinski definition) is 4. The van der Waals surface area contributed by atoms with Gasteiger partial charge in [-0.05, 0) is 31.4 Å². The molecule has 1 aliphatic heterocycles. The van der Waals surface area contributed by atoms with E-state index in [-0.39, 0.29) is 23.7 Å². The Bertz CT molecular complexity index is 701. The minimum Gasteiger partial charge on any atom is -0.382 e. The molecule has 148 valence electrons. The Hall–Kier alpha value is -2.26. The van der Waals surface area contributed by atoms with E-state index >= 15 is 0 Å². The molecular formula is C18H30N6O2Si. The topological polar surface area (TPSA) is 124 Å². The van der Waals surface area contributed by atoms with E-state index in [0.29, 0.717) is 25.2 Å². The van der Waals surface area contributed by atoms with Crippen LogP contribution in [0, 0.1) is 5.41 Å². The third-order valence-corrected chi connectivity index (χ3v) is 5.72. The summed E-state index contributed by atoms with van der Waals surface area (Å²) in [6.07, 6.45) is 3.10. The second kappa shape index (κ2) is 8.62. The summed E-state index contributed by atoms with van der Waals surface area (Å²) in [5.74, 6) is -0.244. The zero-order valence-electron chi connectivity index (χ0n) is 16.5. The van der Waals surface area contributed by atoms with Gasteiger partial charge in [0, 0.05) is 19.3 Å². The number of amidine groups is 1. The highest BCUT2D eigenvalue weighted by atomic mass is 28.3. The van der Waals surface area contributed by atoms with Crippen LogP contribution in [0.15, 0.2) is 18.3 Å². The average molecular weight is 391 g/mol. The summed E-state index contributed by atoms with van der Waals surface area (Å²) < 4.78 is 0. The van der Waals surface area contributed by atoms with Crippen LogP contribution < -0.4 is 16.0 Å². The van der Waals surface area contributed by atoms with Crippen molar-refractivity contribution in [3.63, 3.8) is 0 Å². The fourth-order valence-electron chi connectivity index (χ4n) is 3.26. The number of nitrogens with one attached hydrogen (secondary N) is 3. The SMILES string of the molecule is C[C@H](N[Si](C)(C)C)C(=O)N1CCC[C@H]1C(=O)NCc1ccc(C(=N)N)nc1. The van der Waals surface area contributed by atoms with E-state index in [2.05, 4.69) is 34.9 Å². The molecule has 0 saturated carbocycles. The van der Waals surface area contributed by atoms with Gasteiger partial charge >= 0.3 is 0 Å². The molecule has 1 saturated heterocycles.